The summed E-state index contributed by atoms with van der Waals surface area (Å²) in [6.07, 6.45) is 4.69. The zero-order valence-electron chi connectivity index (χ0n) is 17.6. The zero-order chi connectivity index (χ0) is 22.8. The van der Waals surface area contributed by atoms with E-state index >= 15 is 0 Å². The van der Waals surface area contributed by atoms with Crippen molar-refractivity contribution < 1.29 is 14.3 Å². The Morgan fingerprint density at radius 3 is 2.91 bits per heavy atom. The number of amides is 1. The molecule has 1 saturated heterocycles. The minimum Gasteiger partial charge on any atom is -0.465 e. The number of hydrogen-bond donors (Lipinski definition) is 1. The number of fused-ring (bicyclic) bond motifs is 1. The molecule has 0 unspecified atom stereocenters. The van der Waals surface area contributed by atoms with Gasteiger partial charge in [-0.1, -0.05) is 22.9 Å². The Morgan fingerprint density at radius 1 is 1.34 bits per heavy atom. The van der Waals surface area contributed by atoms with E-state index in [1.54, 1.807) is 6.07 Å². The Bertz CT molecular complexity index is 1240. The van der Waals surface area contributed by atoms with Crippen LogP contribution in [0, 0.1) is 0 Å². The summed E-state index contributed by atoms with van der Waals surface area (Å²) >= 11 is 7.25. The van der Waals surface area contributed by atoms with Gasteiger partial charge in [0.1, 0.15) is 17.6 Å². The first-order chi connectivity index (χ1) is 15.4. The van der Waals surface area contributed by atoms with Crippen LogP contribution < -0.4 is 15.8 Å². The number of aromatic nitrogens is 3. The van der Waals surface area contributed by atoms with Crippen LogP contribution in [0.2, 0.25) is 5.02 Å². The van der Waals surface area contributed by atoms with Crippen molar-refractivity contribution in [2.45, 2.75) is 38.8 Å². The molecular weight excluding hydrogens is 454 g/mol. The van der Waals surface area contributed by atoms with Crippen LogP contribution in [-0.2, 0) is 16.1 Å². The van der Waals surface area contributed by atoms with Crippen LogP contribution in [0.1, 0.15) is 36.5 Å². The van der Waals surface area contributed by atoms with E-state index in [1.165, 1.54) is 47.9 Å². The predicted octanol–water partition coefficient (Wildman–Crippen LogP) is 3.31. The number of hydrogen-bond acceptors (Lipinski definition) is 8. The maximum absolute atomic E-state index is 13.0. The molecule has 1 N–H and O–H groups in total. The minimum absolute atomic E-state index is 0.122. The Morgan fingerprint density at radius 2 is 2.16 bits per heavy atom. The van der Waals surface area contributed by atoms with Gasteiger partial charge in [-0.3, -0.25) is 14.2 Å². The van der Waals surface area contributed by atoms with E-state index < -0.39 is 11.9 Å². The van der Waals surface area contributed by atoms with Crippen molar-refractivity contribution in [3.05, 3.63) is 45.5 Å². The fourth-order valence-corrected chi connectivity index (χ4v) is 4.97. The molecule has 4 rings (SSSR count). The SMILES string of the molecule is COC(=O)c1cc(Cl)ccc1NC(=O)Cn1cnc2nc(N3CCCC[C@@H]3C)sc2c1=O. The van der Waals surface area contributed by atoms with Crippen molar-refractivity contribution in [2.75, 3.05) is 23.9 Å². The number of esters is 1. The molecule has 0 radical (unpaired) electrons. The van der Waals surface area contributed by atoms with Gasteiger partial charge >= 0.3 is 5.97 Å². The van der Waals surface area contributed by atoms with E-state index in [9.17, 15) is 14.4 Å². The number of carbonyl (C=O) groups excluding carboxylic acids is 2. The van der Waals surface area contributed by atoms with Gasteiger partial charge in [-0.15, -0.1) is 0 Å². The van der Waals surface area contributed by atoms with Crippen molar-refractivity contribution in [3.8, 4) is 0 Å². The molecule has 0 saturated carbocycles. The second kappa shape index (κ2) is 9.25. The Kier molecular flexibility index (Phi) is 6.43. The van der Waals surface area contributed by atoms with Crippen molar-refractivity contribution in [1.82, 2.24) is 14.5 Å². The highest BCUT2D eigenvalue weighted by Crippen LogP contribution is 2.30. The molecule has 3 heterocycles. The van der Waals surface area contributed by atoms with E-state index in [1.807, 2.05) is 0 Å². The lowest BCUT2D eigenvalue weighted by Crippen LogP contribution is -2.37. The summed E-state index contributed by atoms with van der Waals surface area (Å²) in [4.78, 5) is 48.6. The third kappa shape index (κ3) is 4.46. The molecule has 1 fully saturated rings. The molecule has 1 amide bonds. The number of halogens is 1. The summed E-state index contributed by atoms with van der Waals surface area (Å²) in [6.45, 7) is 2.79. The summed E-state index contributed by atoms with van der Waals surface area (Å²) in [5.74, 6) is -1.12. The van der Waals surface area contributed by atoms with Crippen LogP contribution in [0.4, 0.5) is 10.8 Å². The molecule has 1 atom stereocenters. The van der Waals surface area contributed by atoms with Gasteiger partial charge in [0, 0.05) is 17.6 Å². The molecule has 9 nitrogen and oxygen atoms in total. The van der Waals surface area contributed by atoms with Gasteiger partial charge in [0.25, 0.3) is 5.56 Å². The Balaban J connectivity index is 1.56. The topological polar surface area (TPSA) is 106 Å². The number of anilines is 2. The second-order valence-corrected chi connectivity index (χ2v) is 9.01. The van der Waals surface area contributed by atoms with E-state index in [0.717, 1.165) is 24.5 Å². The van der Waals surface area contributed by atoms with Crippen LogP contribution in [0.5, 0.6) is 0 Å². The summed E-state index contributed by atoms with van der Waals surface area (Å²) in [6, 6.07) is 4.82. The fourth-order valence-electron chi connectivity index (χ4n) is 3.70. The highest BCUT2D eigenvalue weighted by Gasteiger charge is 2.23. The largest absolute Gasteiger partial charge is 0.465 e. The number of rotatable bonds is 5. The maximum atomic E-state index is 13.0. The first kappa shape index (κ1) is 22.2. The van der Waals surface area contributed by atoms with Crippen molar-refractivity contribution in [2.24, 2.45) is 0 Å². The number of carbonyl (C=O) groups is 2. The van der Waals surface area contributed by atoms with Crippen LogP contribution in [0.25, 0.3) is 10.3 Å². The first-order valence-corrected chi connectivity index (χ1v) is 11.4. The fraction of sp³-hybridized carbons (Fsp3) is 0.381. The molecule has 11 heteroatoms. The lowest BCUT2D eigenvalue weighted by molar-refractivity contribution is -0.116. The smallest absolute Gasteiger partial charge is 0.340 e. The van der Waals surface area contributed by atoms with Gasteiger partial charge in [-0.05, 0) is 44.4 Å². The minimum atomic E-state index is -0.632. The molecule has 168 valence electrons. The van der Waals surface area contributed by atoms with Gasteiger partial charge in [0.15, 0.2) is 10.8 Å². The van der Waals surface area contributed by atoms with E-state index in [4.69, 9.17) is 16.3 Å². The maximum Gasteiger partial charge on any atom is 0.340 e. The van der Waals surface area contributed by atoms with Crippen LogP contribution >= 0.6 is 22.9 Å². The molecule has 3 aromatic rings. The van der Waals surface area contributed by atoms with E-state index in [-0.39, 0.29) is 23.4 Å². The van der Waals surface area contributed by atoms with Crippen LogP contribution in [0.15, 0.2) is 29.3 Å². The molecule has 0 bridgehead atoms. The summed E-state index contributed by atoms with van der Waals surface area (Å²) in [5, 5.41) is 3.75. The van der Waals surface area contributed by atoms with Crippen molar-refractivity contribution >= 4 is 56.0 Å². The van der Waals surface area contributed by atoms with Gasteiger partial charge in [-0.25, -0.2) is 9.78 Å². The Hall–Kier alpha value is -2.98. The molecule has 32 heavy (non-hydrogen) atoms. The molecule has 2 aromatic heterocycles. The van der Waals surface area contributed by atoms with Gasteiger partial charge in [0.2, 0.25) is 5.91 Å². The molecule has 0 aliphatic carbocycles. The average Bonchev–Trinajstić information content (AvgIpc) is 3.21. The number of piperidine rings is 1. The molecule has 0 spiro atoms. The standard InChI is InChI=1S/C21H22ClN5O4S/c1-12-5-3-4-8-27(12)21-25-18-17(32-21)19(29)26(11-23-18)10-16(28)24-15-7-6-13(22)9-14(15)20(30)31-2/h6-7,9,11-12H,3-5,8,10H2,1-2H3,(H,24,28)/t12-/m0/s1. The monoisotopic (exact) mass is 475 g/mol. The number of nitrogens with one attached hydrogen (secondary N) is 1. The average molecular weight is 476 g/mol. The normalized spacial score (nSPS) is 16.2. The number of thiazole rings is 1. The van der Waals surface area contributed by atoms with Crippen LogP contribution in [0.3, 0.4) is 0 Å². The summed E-state index contributed by atoms with van der Waals surface area (Å²) < 4.78 is 6.38. The van der Waals surface area contributed by atoms with Crippen LogP contribution in [-0.4, -0.2) is 46.1 Å². The lowest BCUT2D eigenvalue weighted by Gasteiger charge is -2.32. The number of ether oxygens (including phenoxy) is 1. The molecule has 1 aliphatic heterocycles. The lowest BCUT2D eigenvalue weighted by atomic mass is 10.1. The highest BCUT2D eigenvalue weighted by molar-refractivity contribution is 7.22. The van der Waals surface area contributed by atoms with Gasteiger partial charge in [-0.2, -0.15) is 4.98 Å². The summed E-state index contributed by atoms with van der Waals surface area (Å²) in [5.41, 5.74) is 0.419. The van der Waals surface area contributed by atoms with E-state index in [2.05, 4.69) is 27.1 Å². The zero-order valence-corrected chi connectivity index (χ0v) is 19.2. The molecule has 1 aromatic carbocycles. The van der Waals surface area contributed by atoms with Crippen molar-refractivity contribution in [3.63, 3.8) is 0 Å². The molecule has 1 aliphatic rings. The van der Waals surface area contributed by atoms with Gasteiger partial charge in [0.05, 0.1) is 18.4 Å². The third-order valence-electron chi connectivity index (χ3n) is 5.40. The van der Waals surface area contributed by atoms with E-state index in [0.29, 0.717) is 21.4 Å². The number of methoxy groups -OCH3 is 1. The second-order valence-electron chi connectivity index (χ2n) is 7.59. The Labute approximate surface area is 193 Å². The quantitative estimate of drug-likeness (QED) is 0.564. The first-order valence-electron chi connectivity index (χ1n) is 10.2. The molecular formula is C21H22ClN5O4S. The highest BCUT2D eigenvalue weighted by atomic mass is 35.5. The van der Waals surface area contributed by atoms with Gasteiger partial charge < -0.3 is 15.0 Å². The predicted molar refractivity (Wildman–Crippen MR) is 124 cm³/mol. The van der Waals surface area contributed by atoms with Crippen molar-refractivity contribution in [1.29, 1.82) is 0 Å². The number of benzene rings is 1. The third-order valence-corrected chi connectivity index (χ3v) is 6.70. The summed E-state index contributed by atoms with van der Waals surface area (Å²) in [7, 11) is 1.24. The number of nitrogens with zero attached hydrogens (tertiary/aromatic N) is 4.